The quantitative estimate of drug-likeness (QED) is 0.795. The molecule has 1 aromatic carbocycles. The van der Waals surface area contributed by atoms with Crippen LogP contribution in [0, 0.1) is 5.41 Å². The predicted molar refractivity (Wildman–Crippen MR) is 90.6 cm³/mol. The molecule has 0 aliphatic heterocycles. The third kappa shape index (κ3) is 4.77. The van der Waals surface area contributed by atoms with Crippen molar-refractivity contribution in [2.24, 2.45) is 11.1 Å². The Balaban J connectivity index is 0.00000400. The van der Waals surface area contributed by atoms with Crippen LogP contribution in [-0.4, -0.2) is 19.1 Å². The Labute approximate surface area is 137 Å². The smallest absolute Gasteiger partial charge is 0.231 e. The molecule has 120 valence electrons. The Morgan fingerprint density at radius 3 is 2.38 bits per heavy atom. The fraction of sp³-hybridized carbons (Fsp3) is 0.533. The van der Waals surface area contributed by atoms with Crippen molar-refractivity contribution in [1.82, 2.24) is 0 Å². The number of carbonyl (C=O) groups is 1. The summed E-state index contributed by atoms with van der Waals surface area (Å²) in [4.78, 5) is 12.4. The van der Waals surface area contributed by atoms with Crippen LogP contribution < -0.4 is 15.8 Å². The normalized spacial score (nSPS) is 10.7. The van der Waals surface area contributed by atoms with Crippen molar-refractivity contribution < 1.29 is 9.53 Å². The van der Waals surface area contributed by atoms with E-state index >= 15 is 0 Å². The van der Waals surface area contributed by atoms with Gasteiger partial charge in [-0.05, 0) is 38.0 Å². The SMILES string of the molecule is CCOc1ccc(NC(=O)C(CC)(CC)CN)cc1Cl.Cl. The lowest BCUT2D eigenvalue weighted by atomic mass is 9.81. The standard InChI is InChI=1S/C15H23ClN2O2.ClH/c1-4-15(5-2,10-17)14(19)18-11-7-8-13(20-6-3)12(16)9-11;/h7-9H,4-6,10,17H2,1-3H3,(H,18,19);1H. The van der Waals surface area contributed by atoms with Gasteiger partial charge in [0, 0.05) is 12.2 Å². The second kappa shape index (κ2) is 9.13. The molecule has 1 amide bonds. The Bertz CT molecular complexity index is 455. The number of hydrogen-bond acceptors (Lipinski definition) is 3. The highest BCUT2D eigenvalue weighted by Gasteiger charge is 2.33. The van der Waals surface area contributed by atoms with Crippen molar-refractivity contribution in [2.75, 3.05) is 18.5 Å². The third-order valence-electron chi connectivity index (χ3n) is 3.72. The Morgan fingerprint density at radius 2 is 1.95 bits per heavy atom. The van der Waals surface area contributed by atoms with E-state index in [-0.39, 0.29) is 18.3 Å². The van der Waals surface area contributed by atoms with E-state index in [2.05, 4.69) is 5.32 Å². The van der Waals surface area contributed by atoms with E-state index in [4.69, 9.17) is 22.1 Å². The van der Waals surface area contributed by atoms with Crippen molar-refractivity contribution in [3.05, 3.63) is 23.2 Å². The van der Waals surface area contributed by atoms with Crippen LogP contribution in [0.1, 0.15) is 33.6 Å². The van der Waals surface area contributed by atoms with Crippen LogP contribution in [0.15, 0.2) is 18.2 Å². The minimum absolute atomic E-state index is 0. The fourth-order valence-electron chi connectivity index (χ4n) is 2.07. The molecule has 0 fully saturated rings. The maximum Gasteiger partial charge on any atom is 0.231 e. The number of rotatable bonds is 7. The second-order valence-corrected chi connectivity index (χ2v) is 5.13. The molecule has 0 aromatic heterocycles. The number of benzene rings is 1. The summed E-state index contributed by atoms with van der Waals surface area (Å²) in [6, 6.07) is 5.22. The summed E-state index contributed by atoms with van der Waals surface area (Å²) in [5, 5.41) is 3.37. The molecule has 0 atom stereocenters. The van der Waals surface area contributed by atoms with Gasteiger partial charge >= 0.3 is 0 Å². The van der Waals surface area contributed by atoms with E-state index in [0.29, 0.717) is 42.5 Å². The average Bonchev–Trinajstić information content (AvgIpc) is 2.44. The molecule has 4 nitrogen and oxygen atoms in total. The lowest BCUT2D eigenvalue weighted by Gasteiger charge is -2.28. The van der Waals surface area contributed by atoms with Gasteiger partial charge in [0.25, 0.3) is 0 Å². The summed E-state index contributed by atoms with van der Waals surface area (Å²) < 4.78 is 5.36. The van der Waals surface area contributed by atoms with E-state index in [1.165, 1.54) is 0 Å². The van der Waals surface area contributed by atoms with E-state index in [0.717, 1.165) is 0 Å². The summed E-state index contributed by atoms with van der Waals surface area (Å²) in [5.74, 6) is 0.550. The summed E-state index contributed by atoms with van der Waals surface area (Å²) in [6.45, 7) is 6.72. The lowest BCUT2D eigenvalue weighted by Crippen LogP contribution is -2.41. The molecule has 0 saturated carbocycles. The van der Waals surface area contributed by atoms with Crippen LogP contribution in [-0.2, 0) is 4.79 Å². The molecule has 1 rings (SSSR count). The molecule has 21 heavy (non-hydrogen) atoms. The van der Waals surface area contributed by atoms with Crippen molar-refractivity contribution in [1.29, 1.82) is 0 Å². The van der Waals surface area contributed by atoms with Crippen molar-refractivity contribution in [3.63, 3.8) is 0 Å². The van der Waals surface area contributed by atoms with Crippen LogP contribution in [0.4, 0.5) is 5.69 Å². The van der Waals surface area contributed by atoms with Gasteiger partial charge in [-0.25, -0.2) is 0 Å². The first-order chi connectivity index (χ1) is 9.52. The Hall–Kier alpha value is -0.970. The first-order valence-corrected chi connectivity index (χ1v) is 7.34. The molecule has 6 heteroatoms. The van der Waals surface area contributed by atoms with E-state index < -0.39 is 5.41 Å². The summed E-state index contributed by atoms with van der Waals surface area (Å²) >= 11 is 6.11. The zero-order valence-electron chi connectivity index (χ0n) is 12.7. The molecule has 0 unspecified atom stereocenters. The van der Waals surface area contributed by atoms with Crippen molar-refractivity contribution in [3.8, 4) is 5.75 Å². The molecule has 0 spiro atoms. The van der Waals surface area contributed by atoms with E-state index in [9.17, 15) is 4.79 Å². The maximum atomic E-state index is 12.4. The van der Waals surface area contributed by atoms with Crippen molar-refractivity contribution in [2.45, 2.75) is 33.6 Å². The Kier molecular flexibility index (Phi) is 8.71. The maximum absolute atomic E-state index is 12.4. The molecule has 0 aliphatic rings. The van der Waals surface area contributed by atoms with Gasteiger partial charge in [0.05, 0.1) is 17.0 Å². The van der Waals surface area contributed by atoms with Gasteiger partial charge in [-0.15, -0.1) is 12.4 Å². The van der Waals surface area contributed by atoms with Crippen LogP contribution in [0.25, 0.3) is 0 Å². The molecular weight excluding hydrogens is 311 g/mol. The van der Waals surface area contributed by atoms with Gasteiger partial charge in [0.1, 0.15) is 5.75 Å². The number of nitrogens with one attached hydrogen (secondary N) is 1. The van der Waals surface area contributed by atoms with E-state index in [1.807, 2.05) is 20.8 Å². The summed E-state index contributed by atoms with van der Waals surface area (Å²) in [7, 11) is 0. The predicted octanol–water partition coefficient (Wildman–Crippen LogP) is 3.86. The topological polar surface area (TPSA) is 64.3 Å². The number of amides is 1. The van der Waals surface area contributed by atoms with Crippen LogP contribution in [0.3, 0.4) is 0 Å². The monoisotopic (exact) mass is 334 g/mol. The number of halogens is 2. The zero-order valence-corrected chi connectivity index (χ0v) is 14.3. The average molecular weight is 335 g/mol. The molecular formula is C15H24Cl2N2O2. The molecule has 0 aliphatic carbocycles. The van der Waals surface area contributed by atoms with Crippen LogP contribution in [0.2, 0.25) is 5.02 Å². The molecule has 0 bridgehead atoms. The number of carbonyl (C=O) groups excluding carboxylic acids is 1. The third-order valence-corrected chi connectivity index (χ3v) is 4.01. The van der Waals surface area contributed by atoms with Gasteiger partial charge in [-0.3, -0.25) is 4.79 Å². The van der Waals surface area contributed by atoms with Gasteiger partial charge in [0.15, 0.2) is 0 Å². The number of anilines is 1. The van der Waals surface area contributed by atoms with Gasteiger partial charge in [0.2, 0.25) is 5.91 Å². The fourth-order valence-corrected chi connectivity index (χ4v) is 2.30. The molecule has 3 N–H and O–H groups in total. The highest BCUT2D eigenvalue weighted by atomic mass is 35.5. The number of hydrogen-bond donors (Lipinski definition) is 2. The number of ether oxygens (including phenoxy) is 1. The van der Waals surface area contributed by atoms with E-state index in [1.54, 1.807) is 18.2 Å². The summed E-state index contributed by atoms with van der Waals surface area (Å²) in [6.07, 6.45) is 1.41. The molecule has 0 radical (unpaired) electrons. The minimum Gasteiger partial charge on any atom is -0.492 e. The van der Waals surface area contributed by atoms with Crippen LogP contribution in [0.5, 0.6) is 5.75 Å². The van der Waals surface area contributed by atoms with Crippen molar-refractivity contribution >= 4 is 35.6 Å². The zero-order chi connectivity index (χ0) is 15.2. The first kappa shape index (κ1) is 20.0. The lowest BCUT2D eigenvalue weighted by molar-refractivity contribution is -0.125. The Morgan fingerprint density at radius 1 is 1.33 bits per heavy atom. The highest BCUT2D eigenvalue weighted by molar-refractivity contribution is 6.32. The van der Waals surface area contributed by atoms with Gasteiger partial charge in [-0.1, -0.05) is 25.4 Å². The second-order valence-electron chi connectivity index (χ2n) is 4.72. The molecule has 1 aromatic rings. The van der Waals surface area contributed by atoms with Crippen LogP contribution >= 0.6 is 24.0 Å². The first-order valence-electron chi connectivity index (χ1n) is 6.96. The van der Waals surface area contributed by atoms with Gasteiger partial charge in [-0.2, -0.15) is 0 Å². The largest absolute Gasteiger partial charge is 0.492 e. The molecule has 0 saturated heterocycles. The highest BCUT2D eigenvalue weighted by Crippen LogP contribution is 2.30. The van der Waals surface area contributed by atoms with Gasteiger partial charge < -0.3 is 15.8 Å². The molecule has 0 heterocycles. The number of nitrogens with two attached hydrogens (primary N) is 1. The minimum atomic E-state index is -0.523. The summed E-state index contributed by atoms with van der Waals surface area (Å²) in [5.41, 5.74) is 5.90.